The van der Waals surface area contributed by atoms with Crippen LogP contribution in [0.15, 0.2) is 54.6 Å². The zero-order valence-electron chi connectivity index (χ0n) is 13.6. The molecular weight excluding hydrogens is 322 g/mol. The van der Waals surface area contributed by atoms with Crippen LogP contribution in [0.5, 0.6) is 5.75 Å². The van der Waals surface area contributed by atoms with Crippen molar-refractivity contribution in [3.05, 3.63) is 60.2 Å². The van der Waals surface area contributed by atoms with Gasteiger partial charge < -0.3 is 19.9 Å². The summed E-state index contributed by atoms with van der Waals surface area (Å²) in [5.74, 6) is -1.04. The van der Waals surface area contributed by atoms with Crippen molar-refractivity contribution >= 4 is 17.6 Å². The number of ether oxygens (including phenoxy) is 2. The molecule has 0 aromatic heterocycles. The predicted octanol–water partition coefficient (Wildman–Crippen LogP) is 2.52. The Balaban J connectivity index is 1.67. The van der Waals surface area contributed by atoms with Gasteiger partial charge in [-0.25, -0.2) is 4.79 Å². The molecule has 1 aliphatic rings. The van der Waals surface area contributed by atoms with Gasteiger partial charge in [-0.15, -0.1) is 0 Å². The van der Waals surface area contributed by atoms with Crippen LogP contribution in [0.4, 0.5) is 5.69 Å². The maximum atomic E-state index is 12.6. The third-order valence-corrected chi connectivity index (χ3v) is 4.11. The molecule has 2 aromatic rings. The molecule has 0 saturated carbocycles. The molecule has 2 aromatic carbocycles. The number of amides is 1. The Hall–Kier alpha value is -2.86. The predicted molar refractivity (Wildman–Crippen MR) is 91.7 cm³/mol. The molecule has 3 rings (SSSR count). The summed E-state index contributed by atoms with van der Waals surface area (Å²) in [6.07, 6.45) is 0. The van der Waals surface area contributed by atoms with Crippen LogP contribution in [0.3, 0.4) is 0 Å². The highest BCUT2D eigenvalue weighted by molar-refractivity contribution is 5.93. The molecule has 1 saturated heterocycles. The molecule has 6 nitrogen and oxygen atoms in total. The summed E-state index contributed by atoms with van der Waals surface area (Å²) in [6, 6.07) is 16.5. The first-order valence-corrected chi connectivity index (χ1v) is 8.01. The SMILES string of the molecule is O=C(O)COc1cccc(NC(=O)C2COCC2c2ccccc2)c1. The largest absolute Gasteiger partial charge is 0.482 e. The van der Waals surface area contributed by atoms with Gasteiger partial charge in [-0.1, -0.05) is 36.4 Å². The van der Waals surface area contributed by atoms with Crippen LogP contribution in [-0.2, 0) is 14.3 Å². The first kappa shape index (κ1) is 17.0. The lowest BCUT2D eigenvalue weighted by Crippen LogP contribution is -2.27. The van der Waals surface area contributed by atoms with E-state index in [9.17, 15) is 9.59 Å². The number of carbonyl (C=O) groups is 2. The molecule has 25 heavy (non-hydrogen) atoms. The third kappa shape index (κ3) is 4.36. The first-order chi connectivity index (χ1) is 12.1. The van der Waals surface area contributed by atoms with Crippen molar-refractivity contribution < 1.29 is 24.2 Å². The minimum absolute atomic E-state index is 0.0210. The standard InChI is InChI=1S/C19H19NO5/c21-18(22)12-25-15-8-4-7-14(9-15)20-19(23)17-11-24-10-16(17)13-5-2-1-3-6-13/h1-9,16-17H,10-12H2,(H,20,23)(H,21,22). The minimum Gasteiger partial charge on any atom is -0.482 e. The van der Waals surface area contributed by atoms with E-state index in [2.05, 4.69) is 5.32 Å². The van der Waals surface area contributed by atoms with Gasteiger partial charge in [-0.05, 0) is 17.7 Å². The van der Waals surface area contributed by atoms with Crippen molar-refractivity contribution in [3.8, 4) is 5.75 Å². The molecule has 0 radical (unpaired) electrons. The Bertz CT molecular complexity index is 746. The molecule has 130 valence electrons. The van der Waals surface area contributed by atoms with Crippen molar-refractivity contribution in [3.63, 3.8) is 0 Å². The highest BCUT2D eigenvalue weighted by Gasteiger charge is 2.35. The number of nitrogens with one attached hydrogen (secondary N) is 1. The van der Waals surface area contributed by atoms with Crippen LogP contribution >= 0.6 is 0 Å². The van der Waals surface area contributed by atoms with E-state index in [1.807, 2.05) is 30.3 Å². The van der Waals surface area contributed by atoms with Crippen LogP contribution < -0.4 is 10.1 Å². The lowest BCUT2D eigenvalue weighted by atomic mass is 9.88. The number of carboxylic acid groups (broad SMARTS) is 1. The fourth-order valence-corrected chi connectivity index (χ4v) is 2.89. The van der Waals surface area contributed by atoms with Gasteiger partial charge >= 0.3 is 5.97 Å². The van der Waals surface area contributed by atoms with Gasteiger partial charge in [0.15, 0.2) is 6.61 Å². The van der Waals surface area contributed by atoms with Gasteiger partial charge in [0.05, 0.1) is 19.1 Å². The third-order valence-electron chi connectivity index (χ3n) is 4.11. The quantitative estimate of drug-likeness (QED) is 0.843. The smallest absolute Gasteiger partial charge is 0.341 e. The number of hydrogen-bond donors (Lipinski definition) is 2. The van der Waals surface area contributed by atoms with E-state index in [4.69, 9.17) is 14.6 Å². The summed E-state index contributed by atoms with van der Waals surface area (Å²) in [7, 11) is 0. The Labute approximate surface area is 145 Å². The highest BCUT2D eigenvalue weighted by Crippen LogP contribution is 2.32. The fourth-order valence-electron chi connectivity index (χ4n) is 2.89. The molecule has 2 N–H and O–H groups in total. The van der Waals surface area contributed by atoms with E-state index >= 15 is 0 Å². The van der Waals surface area contributed by atoms with Crippen molar-refractivity contribution in [1.82, 2.24) is 0 Å². The number of carboxylic acids is 1. The Morgan fingerprint density at radius 3 is 2.68 bits per heavy atom. The van der Waals surface area contributed by atoms with Crippen LogP contribution in [0.1, 0.15) is 11.5 Å². The summed E-state index contributed by atoms with van der Waals surface area (Å²) in [6.45, 7) is 0.467. The van der Waals surface area contributed by atoms with Crippen LogP contribution in [-0.4, -0.2) is 36.8 Å². The monoisotopic (exact) mass is 341 g/mol. The number of benzene rings is 2. The topological polar surface area (TPSA) is 84.9 Å². The molecule has 6 heteroatoms. The maximum Gasteiger partial charge on any atom is 0.341 e. The van der Waals surface area contributed by atoms with E-state index in [1.165, 1.54) is 0 Å². The normalized spacial score (nSPS) is 19.4. The molecular formula is C19H19NO5. The van der Waals surface area contributed by atoms with Crippen molar-refractivity contribution in [1.29, 1.82) is 0 Å². The summed E-state index contributed by atoms with van der Waals surface area (Å²) < 4.78 is 10.7. The number of hydrogen-bond acceptors (Lipinski definition) is 4. The summed E-state index contributed by atoms with van der Waals surface area (Å²) in [5, 5.41) is 11.5. The van der Waals surface area contributed by atoms with Crippen LogP contribution in [0.2, 0.25) is 0 Å². The lowest BCUT2D eigenvalue weighted by molar-refractivity contribution is -0.139. The first-order valence-electron chi connectivity index (χ1n) is 8.01. The molecule has 0 spiro atoms. The van der Waals surface area contributed by atoms with Crippen LogP contribution in [0, 0.1) is 5.92 Å². The van der Waals surface area contributed by atoms with Crippen molar-refractivity contribution in [2.75, 3.05) is 25.1 Å². The second kappa shape index (κ2) is 7.81. The van der Waals surface area contributed by atoms with Crippen LogP contribution in [0.25, 0.3) is 0 Å². The number of rotatable bonds is 6. The lowest BCUT2D eigenvalue weighted by Gasteiger charge is -2.18. The molecule has 1 aliphatic heterocycles. The molecule has 1 fully saturated rings. The number of carbonyl (C=O) groups excluding carboxylic acids is 1. The van der Waals surface area contributed by atoms with Gasteiger partial charge in [0.1, 0.15) is 5.75 Å². The molecule has 1 heterocycles. The van der Waals surface area contributed by atoms with E-state index in [-0.39, 0.29) is 17.7 Å². The van der Waals surface area contributed by atoms with Gasteiger partial charge in [0, 0.05) is 17.7 Å². The average Bonchev–Trinajstić information content (AvgIpc) is 3.11. The molecule has 2 atom stereocenters. The molecule has 0 aliphatic carbocycles. The van der Waals surface area contributed by atoms with E-state index < -0.39 is 12.6 Å². The van der Waals surface area contributed by atoms with Gasteiger partial charge in [-0.3, -0.25) is 4.79 Å². The number of anilines is 1. The van der Waals surface area contributed by atoms with Crippen molar-refractivity contribution in [2.24, 2.45) is 5.92 Å². The van der Waals surface area contributed by atoms with Gasteiger partial charge in [0.25, 0.3) is 0 Å². The van der Waals surface area contributed by atoms with E-state index in [0.717, 1.165) is 5.56 Å². The Kier molecular flexibility index (Phi) is 5.30. The highest BCUT2D eigenvalue weighted by atomic mass is 16.5. The zero-order chi connectivity index (χ0) is 17.6. The molecule has 2 unspecified atom stereocenters. The van der Waals surface area contributed by atoms with E-state index in [1.54, 1.807) is 24.3 Å². The van der Waals surface area contributed by atoms with Gasteiger partial charge in [-0.2, -0.15) is 0 Å². The zero-order valence-corrected chi connectivity index (χ0v) is 13.6. The second-order valence-electron chi connectivity index (χ2n) is 5.86. The summed E-state index contributed by atoms with van der Waals surface area (Å²) in [5.41, 5.74) is 1.64. The summed E-state index contributed by atoms with van der Waals surface area (Å²) >= 11 is 0. The number of aliphatic carboxylic acids is 1. The maximum absolute atomic E-state index is 12.6. The molecule has 0 bridgehead atoms. The second-order valence-corrected chi connectivity index (χ2v) is 5.86. The fraction of sp³-hybridized carbons (Fsp3) is 0.263. The Morgan fingerprint density at radius 1 is 1.12 bits per heavy atom. The van der Waals surface area contributed by atoms with Gasteiger partial charge in [0.2, 0.25) is 5.91 Å². The van der Waals surface area contributed by atoms with E-state index in [0.29, 0.717) is 24.7 Å². The average molecular weight is 341 g/mol. The molecule has 1 amide bonds. The Morgan fingerprint density at radius 2 is 1.92 bits per heavy atom. The summed E-state index contributed by atoms with van der Waals surface area (Å²) in [4.78, 5) is 23.2. The van der Waals surface area contributed by atoms with Crippen molar-refractivity contribution in [2.45, 2.75) is 5.92 Å². The minimum atomic E-state index is -1.05.